The highest BCUT2D eigenvalue weighted by atomic mass is 19.1. The maximum absolute atomic E-state index is 13.0. The molecule has 0 fully saturated rings. The highest BCUT2D eigenvalue weighted by Gasteiger charge is 2.16. The van der Waals surface area contributed by atoms with Gasteiger partial charge in [0.1, 0.15) is 12.2 Å². The third-order valence-corrected chi connectivity index (χ3v) is 3.97. The standard InChI is InChI=1S/C19H15FN4O4/c1-25-14-8-5-12(9-15(14)26-2)19-23-22-17(27-19)10-16-21-18(24-28-16)11-3-6-13(20)7-4-11/h3-9H,10H2,1-2H3. The molecule has 8 nitrogen and oxygen atoms in total. The minimum absolute atomic E-state index is 0.175. The first-order valence-corrected chi connectivity index (χ1v) is 8.29. The summed E-state index contributed by atoms with van der Waals surface area (Å²) in [6.07, 6.45) is 0.175. The van der Waals surface area contributed by atoms with Crippen LogP contribution in [0.4, 0.5) is 4.39 Å². The first-order valence-electron chi connectivity index (χ1n) is 8.29. The van der Waals surface area contributed by atoms with Crippen LogP contribution in [0.3, 0.4) is 0 Å². The zero-order valence-corrected chi connectivity index (χ0v) is 15.0. The molecular weight excluding hydrogens is 367 g/mol. The van der Waals surface area contributed by atoms with Gasteiger partial charge in [-0.15, -0.1) is 10.2 Å². The average Bonchev–Trinajstić information content (AvgIpc) is 3.38. The molecule has 0 saturated heterocycles. The van der Waals surface area contributed by atoms with Gasteiger partial charge in [0.2, 0.25) is 23.5 Å². The summed E-state index contributed by atoms with van der Waals surface area (Å²) in [7, 11) is 3.11. The van der Waals surface area contributed by atoms with Gasteiger partial charge in [-0.2, -0.15) is 4.98 Å². The van der Waals surface area contributed by atoms with Gasteiger partial charge in [-0.05, 0) is 42.5 Å². The fraction of sp³-hybridized carbons (Fsp3) is 0.158. The molecular formula is C19H15FN4O4. The molecule has 0 spiro atoms. The molecule has 0 amide bonds. The Morgan fingerprint density at radius 1 is 0.893 bits per heavy atom. The van der Waals surface area contributed by atoms with Gasteiger partial charge in [-0.25, -0.2) is 4.39 Å². The lowest BCUT2D eigenvalue weighted by Crippen LogP contribution is -1.90. The van der Waals surface area contributed by atoms with E-state index in [0.29, 0.717) is 46.1 Å². The lowest BCUT2D eigenvalue weighted by Gasteiger charge is -2.07. The minimum atomic E-state index is -0.332. The maximum atomic E-state index is 13.0. The van der Waals surface area contributed by atoms with Crippen molar-refractivity contribution < 1.29 is 22.8 Å². The molecule has 2 heterocycles. The lowest BCUT2D eigenvalue weighted by molar-refractivity contribution is 0.355. The molecule has 4 rings (SSSR count). The second-order valence-electron chi connectivity index (χ2n) is 5.77. The van der Waals surface area contributed by atoms with Crippen LogP contribution in [0.15, 0.2) is 51.4 Å². The monoisotopic (exact) mass is 382 g/mol. The van der Waals surface area contributed by atoms with Gasteiger partial charge >= 0.3 is 0 Å². The SMILES string of the molecule is COc1ccc(-c2nnc(Cc3nc(-c4ccc(F)cc4)no3)o2)cc1OC. The van der Waals surface area contributed by atoms with Crippen molar-refractivity contribution >= 4 is 0 Å². The van der Waals surface area contributed by atoms with Crippen molar-refractivity contribution in [3.8, 4) is 34.3 Å². The fourth-order valence-electron chi connectivity index (χ4n) is 2.58. The van der Waals surface area contributed by atoms with Gasteiger partial charge in [0.05, 0.1) is 14.2 Å². The summed E-state index contributed by atoms with van der Waals surface area (Å²) < 4.78 is 34.4. The van der Waals surface area contributed by atoms with Crippen LogP contribution in [0.5, 0.6) is 11.5 Å². The van der Waals surface area contributed by atoms with Crippen LogP contribution in [-0.2, 0) is 6.42 Å². The van der Waals surface area contributed by atoms with Crippen LogP contribution < -0.4 is 9.47 Å². The van der Waals surface area contributed by atoms with E-state index in [0.717, 1.165) is 0 Å². The number of ether oxygens (including phenoxy) is 2. The number of aromatic nitrogens is 4. The predicted molar refractivity (Wildman–Crippen MR) is 95.3 cm³/mol. The molecule has 0 saturated carbocycles. The van der Waals surface area contributed by atoms with Crippen molar-refractivity contribution in [2.24, 2.45) is 0 Å². The molecule has 9 heteroatoms. The van der Waals surface area contributed by atoms with Gasteiger partial charge in [0.25, 0.3) is 0 Å². The Morgan fingerprint density at radius 2 is 1.64 bits per heavy atom. The van der Waals surface area contributed by atoms with Crippen LogP contribution in [-0.4, -0.2) is 34.6 Å². The van der Waals surface area contributed by atoms with Gasteiger partial charge in [0, 0.05) is 11.1 Å². The summed E-state index contributed by atoms with van der Waals surface area (Å²) >= 11 is 0. The zero-order valence-electron chi connectivity index (χ0n) is 15.0. The number of benzene rings is 2. The first kappa shape index (κ1) is 17.7. The first-order chi connectivity index (χ1) is 13.7. The van der Waals surface area contributed by atoms with Gasteiger partial charge < -0.3 is 18.4 Å². The molecule has 2 aromatic heterocycles. The topological polar surface area (TPSA) is 96.3 Å². The van der Waals surface area contributed by atoms with Gasteiger partial charge in [-0.1, -0.05) is 5.16 Å². The number of rotatable bonds is 6. The van der Waals surface area contributed by atoms with Crippen molar-refractivity contribution in [1.29, 1.82) is 0 Å². The van der Waals surface area contributed by atoms with Crippen LogP contribution in [0.1, 0.15) is 11.8 Å². The largest absolute Gasteiger partial charge is 0.493 e. The molecule has 2 aromatic carbocycles. The van der Waals surface area contributed by atoms with Crippen LogP contribution in [0, 0.1) is 5.82 Å². The molecule has 4 aromatic rings. The van der Waals surface area contributed by atoms with Gasteiger partial charge in [0.15, 0.2) is 11.5 Å². The van der Waals surface area contributed by atoms with Crippen molar-refractivity contribution in [3.63, 3.8) is 0 Å². The maximum Gasteiger partial charge on any atom is 0.247 e. The highest BCUT2D eigenvalue weighted by Crippen LogP contribution is 2.31. The van der Waals surface area contributed by atoms with E-state index in [1.165, 1.54) is 12.1 Å². The second kappa shape index (κ2) is 7.47. The molecule has 0 aliphatic heterocycles. The van der Waals surface area contributed by atoms with Crippen LogP contribution >= 0.6 is 0 Å². The Morgan fingerprint density at radius 3 is 2.39 bits per heavy atom. The summed E-state index contributed by atoms with van der Waals surface area (Å²) in [5.41, 5.74) is 1.34. The molecule has 0 unspecified atom stereocenters. The van der Waals surface area contributed by atoms with E-state index >= 15 is 0 Å². The van der Waals surface area contributed by atoms with Crippen molar-refractivity contribution in [2.75, 3.05) is 14.2 Å². The highest BCUT2D eigenvalue weighted by molar-refractivity contribution is 5.59. The molecule has 0 aliphatic rings. The third-order valence-electron chi connectivity index (χ3n) is 3.97. The Hall–Kier alpha value is -3.75. The van der Waals surface area contributed by atoms with E-state index in [1.54, 1.807) is 44.6 Å². The minimum Gasteiger partial charge on any atom is -0.493 e. The number of hydrogen-bond donors (Lipinski definition) is 0. The normalized spacial score (nSPS) is 10.8. The summed E-state index contributed by atoms with van der Waals surface area (Å²) in [6.45, 7) is 0. The van der Waals surface area contributed by atoms with Crippen LogP contribution in [0.2, 0.25) is 0 Å². The van der Waals surface area contributed by atoms with E-state index in [4.69, 9.17) is 18.4 Å². The summed E-state index contributed by atoms with van der Waals surface area (Å²) in [5.74, 6) is 2.14. The predicted octanol–water partition coefficient (Wildman–Crippen LogP) is 3.53. The Balaban J connectivity index is 1.52. The molecule has 0 bridgehead atoms. The van der Waals surface area contributed by atoms with Crippen molar-refractivity contribution in [1.82, 2.24) is 20.3 Å². The van der Waals surface area contributed by atoms with Gasteiger partial charge in [-0.3, -0.25) is 0 Å². The van der Waals surface area contributed by atoms with Crippen molar-refractivity contribution in [3.05, 3.63) is 60.1 Å². The van der Waals surface area contributed by atoms with E-state index in [-0.39, 0.29) is 12.2 Å². The number of hydrogen-bond acceptors (Lipinski definition) is 8. The molecule has 0 aliphatic carbocycles. The summed E-state index contributed by atoms with van der Waals surface area (Å²) in [5, 5.41) is 11.9. The van der Waals surface area contributed by atoms with Crippen LogP contribution in [0.25, 0.3) is 22.8 Å². The second-order valence-corrected chi connectivity index (χ2v) is 5.77. The third kappa shape index (κ3) is 3.54. The van der Waals surface area contributed by atoms with E-state index in [2.05, 4.69) is 20.3 Å². The smallest absolute Gasteiger partial charge is 0.247 e. The lowest BCUT2D eigenvalue weighted by atomic mass is 10.2. The van der Waals surface area contributed by atoms with E-state index in [9.17, 15) is 4.39 Å². The van der Waals surface area contributed by atoms with E-state index < -0.39 is 0 Å². The summed E-state index contributed by atoms with van der Waals surface area (Å²) in [4.78, 5) is 4.27. The number of halogens is 1. The Bertz CT molecular complexity index is 1090. The summed E-state index contributed by atoms with van der Waals surface area (Å²) in [6, 6.07) is 11.1. The number of nitrogens with zero attached hydrogens (tertiary/aromatic N) is 4. The molecule has 0 radical (unpaired) electrons. The molecule has 0 atom stereocenters. The Labute approximate surface area is 158 Å². The molecule has 142 valence electrons. The molecule has 0 N–H and O–H groups in total. The van der Waals surface area contributed by atoms with E-state index in [1.807, 2.05) is 0 Å². The molecule has 28 heavy (non-hydrogen) atoms. The van der Waals surface area contributed by atoms with Crippen molar-refractivity contribution in [2.45, 2.75) is 6.42 Å². The Kier molecular flexibility index (Phi) is 4.71. The zero-order chi connectivity index (χ0) is 19.5. The number of methoxy groups -OCH3 is 2. The fourth-order valence-corrected chi connectivity index (χ4v) is 2.58. The average molecular weight is 382 g/mol. The quantitative estimate of drug-likeness (QED) is 0.500.